The van der Waals surface area contributed by atoms with Gasteiger partial charge in [0.15, 0.2) is 11.5 Å². The first-order chi connectivity index (χ1) is 14.0. The van der Waals surface area contributed by atoms with E-state index in [0.717, 1.165) is 17.7 Å². The molecule has 0 saturated carbocycles. The number of ether oxygens (including phenoxy) is 3. The van der Waals surface area contributed by atoms with E-state index in [1.54, 1.807) is 21.3 Å². The Balaban J connectivity index is 1.53. The van der Waals surface area contributed by atoms with Crippen LogP contribution in [0.25, 0.3) is 0 Å². The lowest BCUT2D eigenvalue weighted by Gasteiger charge is -2.45. The number of rotatable bonds is 3. The molecule has 0 bridgehead atoms. The minimum Gasteiger partial charge on any atom is -0.493 e. The zero-order valence-corrected chi connectivity index (χ0v) is 17.2. The molecule has 8 nitrogen and oxygen atoms in total. The zero-order valence-electron chi connectivity index (χ0n) is 17.2. The maximum atomic E-state index is 12.9. The van der Waals surface area contributed by atoms with Gasteiger partial charge in [0.1, 0.15) is 5.71 Å². The number of hydrazone groups is 1. The topological polar surface area (TPSA) is 80.7 Å². The normalized spacial score (nSPS) is 20.9. The van der Waals surface area contributed by atoms with Crippen LogP contribution < -0.4 is 9.47 Å². The summed E-state index contributed by atoms with van der Waals surface area (Å²) in [7, 11) is 4.87. The minimum absolute atomic E-state index is 0.0595. The SMILES string of the molecule is COc1cc2c(cc1OC)C1(CCN(C(=O)C3=NN(C)C(=O)CC3)CC1)OCC2. The number of carbonyl (C=O) groups is 2. The molecule has 3 aliphatic heterocycles. The molecular weight excluding hydrogens is 374 g/mol. The molecule has 1 aromatic carbocycles. The van der Waals surface area contributed by atoms with E-state index in [-0.39, 0.29) is 11.8 Å². The molecule has 3 heterocycles. The number of fused-ring (bicyclic) bond motifs is 2. The average Bonchev–Trinajstić information content (AvgIpc) is 2.75. The number of hydrogen-bond acceptors (Lipinski definition) is 6. The number of likely N-dealkylation sites (tertiary alicyclic amines) is 1. The molecule has 0 atom stereocenters. The van der Waals surface area contributed by atoms with Crippen LogP contribution in [0, 0.1) is 0 Å². The molecule has 3 aliphatic rings. The molecule has 8 heteroatoms. The van der Waals surface area contributed by atoms with Crippen LogP contribution in [-0.2, 0) is 26.3 Å². The molecule has 1 aromatic rings. The lowest BCUT2D eigenvalue weighted by Crippen LogP contribution is -2.50. The number of nitrogens with zero attached hydrogens (tertiary/aromatic N) is 3. The van der Waals surface area contributed by atoms with Gasteiger partial charge in [-0.2, -0.15) is 5.10 Å². The smallest absolute Gasteiger partial charge is 0.270 e. The lowest BCUT2D eigenvalue weighted by atomic mass is 9.79. The van der Waals surface area contributed by atoms with Crippen molar-refractivity contribution in [3.8, 4) is 11.5 Å². The van der Waals surface area contributed by atoms with Gasteiger partial charge in [0, 0.05) is 33.0 Å². The summed E-state index contributed by atoms with van der Waals surface area (Å²) in [6.45, 7) is 1.82. The fourth-order valence-corrected chi connectivity index (χ4v) is 4.48. The van der Waals surface area contributed by atoms with E-state index in [2.05, 4.69) is 5.10 Å². The first-order valence-corrected chi connectivity index (χ1v) is 10.00. The van der Waals surface area contributed by atoms with Crippen molar-refractivity contribution in [2.75, 3.05) is 41.0 Å². The van der Waals surface area contributed by atoms with Crippen LogP contribution in [0.3, 0.4) is 0 Å². The van der Waals surface area contributed by atoms with Crippen molar-refractivity contribution in [3.63, 3.8) is 0 Å². The van der Waals surface area contributed by atoms with Crippen LogP contribution in [0.4, 0.5) is 0 Å². The van der Waals surface area contributed by atoms with Crippen molar-refractivity contribution in [3.05, 3.63) is 23.3 Å². The average molecular weight is 401 g/mol. The predicted molar refractivity (Wildman–Crippen MR) is 106 cm³/mol. The molecule has 4 rings (SSSR count). The van der Waals surface area contributed by atoms with E-state index in [4.69, 9.17) is 14.2 Å². The van der Waals surface area contributed by atoms with Gasteiger partial charge < -0.3 is 19.1 Å². The van der Waals surface area contributed by atoms with E-state index in [9.17, 15) is 9.59 Å². The molecular formula is C21H27N3O5. The summed E-state index contributed by atoms with van der Waals surface area (Å²) in [6.07, 6.45) is 2.99. The standard InChI is InChI=1S/C21H27N3O5/c1-23-19(25)5-4-16(22-23)20(26)24-9-7-21(8-10-24)15-13-18(28-3)17(27-2)12-14(15)6-11-29-21/h12-13H,4-11H2,1-3H3. The second-order valence-corrected chi connectivity index (χ2v) is 7.71. The number of carbonyl (C=O) groups excluding carboxylic acids is 2. The summed E-state index contributed by atoms with van der Waals surface area (Å²) in [5, 5.41) is 5.43. The largest absolute Gasteiger partial charge is 0.493 e. The van der Waals surface area contributed by atoms with Gasteiger partial charge in [-0.15, -0.1) is 0 Å². The van der Waals surface area contributed by atoms with Crippen molar-refractivity contribution in [2.24, 2.45) is 5.10 Å². The highest BCUT2D eigenvalue weighted by Crippen LogP contribution is 2.45. The Kier molecular flexibility index (Phi) is 5.21. The van der Waals surface area contributed by atoms with Gasteiger partial charge >= 0.3 is 0 Å². The van der Waals surface area contributed by atoms with Gasteiger partial charge in [-0.1, -0.05) is 0 Å². The monoisotopic (exact) mass is 401 g/mol. The third kappa shape index (κ3) is 3.46. The Morgan fingerprint density at radius 1 is 1.10 bits per heavy atom. The van der Waals surface area contributed by atoms with Crippen molar-refractivity contribution >= 4 is 17.5 Å². The van der Waals surface area contributed by atoms with Gasteiger partial charge in [0.2, 0.25) is 5.91 Å². The molecule has 156 valence electrons. The molecule has 1 spiro atoms. The number of amides is 2. The molecule has 1 saturated heterocycles. The highest BCUT2D eigenvalue weighted by atomic mass is 16.5. The van der Waals surface area contributed by atoms with Gasteiger partial charge in [-0.05, 0) is 42.5 Å². The Morgan fingerprint density at radius 2 is 1.79 bits per heavy atom. The van der Waals surface area contributed by atoms with Gasteiger partial charge in [0.05, 0.1) is 26.4 Å². The summed E-state index contributed by atoms with van der Waals surface area (Å²) >= 11 is 0. The van der Waals surface area contributed by atoms with E-state index in [0.29, 0.717) is 56.8 Å². The number of benzene rings is 1. The number of piperidine rings is 1. The summed E-state index contributed by atoms with van der Waals surface area (Å²) < 4.78 is 17.2. The lowest BCUT2D eigenvalue weighted by molar-refractivity contribution is -0.135. The second-order valence-electron chi connectivity index (χ2n) is 7.71. The van der Waals surface area contributed by atoms with E-state index < -0.39 is 5.60 Å². The molecule has 0 unspecified atom stereocenters. The second kappa shape index (κ2) is 7.67. The fraction of sp³-hybridized carbons (Fsp3) is 0.571. The molecule has 0 N–H and O–H groups in total. The fourth-order valence-electron chi connectivity index (χ4n) is 4.48. The van der Waals surface area contributed by atoms with E-state index in [1.807, 2.05) is 17.0 Å². The molecule has 1 fully saturated rings. The third-order valence-electron chi connectivity index (χ3n) is 6.16. The highest BCUT2D eigenvalue weighted by Gasteiger charge is 2.43. The van der Waals surface area contributed by atoms with E-state index >= 15 is 0 Å². The molecule has 29 heavy (non-hydrogen) atoms. The van der Waals surface area contributed by atoms with Crippen molar-refractivity contribution in [2.45, 2.75) is 37.7 Å². The van der Waals surface area contributed by atoms with Crippen LogP contribution in [0.1, 0.15) is 36.8 Å². The number of methoxy groups -OCH3 is 2. The summed E-state index contributed by atoms with van der Waals surface area (Å²) in [4.78, 5) is 26.3. The van der Waals surface area contributed by atoms with Crippen molar-refractivity contribution < 1.29 is 23.8 Å². The van der Waals surface area contributed by atoms with Gasteiger partial charge in [-0.3, -0.25) is 9.59 Å². The highest BCUT2D eigenvalue weighted by molar-refractivity contribution is 6.39. The Labute approximate surface area is 170 Å². The van der Waals surface area contributed by atoms with Crippen LogP contribution >= 0.6 is 0 Å². The maximum Gasteiger partial charge on any atom is 0.270 e. The molecule has 0 aromatic heterocycles. The van der Waals surface area contributed by atoms with Crippen LogP contribution in [0.15, 0.2) is 17.2 Å². The van der Waals surface area contributed by atoms with Crippen LogP contribution in [0.2, 0.25) is 0 Å². The minimum atomic E-state index is -0.412. The first kappa shape index (κ1) is 19.7. The maximum absolute atomic E-state index is 12.9. The van der Waals surface area contributed by atoms with E-state index in [1.165, 1.54) is 10.6 Å². The van der Waals surface area contributed by atoms with Crippen molar-refractivity contribution in [1.29, 1.82) is 0 Å². The Morgan fingerprint density at radius 3 is 2.45 bits per heavy atom. The Hall–Kier alpha value is -2.61. The van der Waals surface area contributed by atoms with Gasteiger partial charge in [-0.25, -0.2) is 5.01 Å². The van der Waals surface area contributed by atoms with Crippen LogP contribution in [0.5, 0.6) is 11.5 Å². The number of hydrogen-bond donors (Lipinski definition) is 0. The summed E-state index contributed by atoms with van der Waals surface area (Å²) in [6, 6.07) is 4.07. The first-order valence-electron chi connectivity index (χ1n) is 10.00. The zero-order chi connectivity index (χ0) is 20.6. The van der Waals surface area contributed by atoms with Crippen LogP contribution in [-0.4, -0.2) is 68.4 Å². The molecule has 2 amide bonds. The Bertz CT molecular complexity index is 858. The van der Waals surface area contributed by atoms with Crippen molar-refractivity contribution in [1.82, 2.24) is 9.91 Å². The third-order valence-corrected chi connectivity index (χ3v) is 6.16. The summed E-state index contributed by atoms with van der Waals surface area (Å²) in [5.74, 6) is 1.28. The quantitative estimate of drug-likeness (QED) is 0.770. The predicted octanol–water partition coefficient (Wildman–Crippen LogP) is 1.70. The molecule has 0 radical (unpaired) electrons. The molecule has 0 aliphatic carbocycles. The summed E-state index contributed by atoms with van der Waals surface area (Å²) in [5.41, 5.74) is 2.39. The van der Waals surface area contributed by atoms with Gasteiger partial charge in [0.25, 0.3) is 5.91 Å².